The van der Waals surface area contributed by atoms with Gasteiger partial charge in [-0.25, -0.2) is 0 Å². The van der Waals surface area contributed by atoms with Crippen LogP contribution in [0.15, 0.2) is 12.1 Å². The second-order valence-electron chi connectivity index (χ2n) is 5.84. The largest absolute Gasteiger partial charge is 0.322 e. The van der Waals surface area contributed by atoms with Crippen molar-refractivity contribution >= 4 is 11.3 Å². The predicted octanol–water partition coefficient (Wildman–Crippen LogP) is 3.71. The van der Waals surface area contributed by atoms with E-state index in [0.29, 0.717) is 0 Å². The minimum Gasteiger partial charge on any atom is -0.322 e. The molecule has 3 heteroatoms. The fourth-order valence-corrected chi connectivity index (χ4v) is 4.25. The molecule has 0 saturated heterocycles. The van der Waals surface area contributed by atoms with E-state index < -0.39 is 0 Å². The number of hydrogen-bond acceptors (Lipinski definition) is 3. The van der Waals surface area contributed by atoms with Crippen molar-refractivity contribution in [2.45, 2.75) is 57.0 Å². The smallest absolute Gasteiger partial charge is 0.0576 e. The summed E-state index contributed by atoms with van der Waals surface area (Å²) in [6, 6.07) is 4.57. The van der Waals surface area contributed by atoms with E-state index in [4.69, 9.17) is 5.73 Å². The Morgan fingerprint density at radius 1 is 1.17 bits per heavy atom. The fourth-order valence-electron chi connectivity index (χ4n) is 3.26. The van der Waals surface area contributed by atoms with E-state index in [1.54, 1.807) is 0 Å². The number of hydrogen-bond donors (Lipinski definition) is 1. The van der Waals surface area contributed by atoms with E-state index in [0.717, 1.165) is 0 Å². The van der Waals surface area contributed by atoms with Crippen molar-refractivity contribution < 1.29 is 0 Å². The zero-order valence-electron chi connectivity index (χ0n) is 11.9. The molecule has 0 spiro atoms. The maximum atomic E-state index is 6.66. The number of aryl methyl sites for hydroxylation is 1. The van der Waals surface area contributed by atoms with Gasteiger partial charge in [0.1, 0.15) is 0 Å². The minimum absolute atomic E-state index is 0.157. The average molecular weight is 266 g/mol. The molecule has 1 aromatic rings. The number of thiophene rings is 1. The van der Waals surface area contributed by atoms with E-state index in [2.05, 4.69) is 38.1 Å². The van der Waals surface area contributed by atoms with Crippen LogP contribution >= 0.6 is 11.3 Å². The van der Waals surface area contributed by atoms with Crippen molar-refractivity contribution in [3.8, 4) is 0 Å². The van der Waals surface area contributed by atoms with Crippen molar-refractivity contribution in [2.24, 2.45) is 5.73 Å². The molecule has 2 N–H and O–H groups in total. The van der Waals surface area contributed by atoms with Crippen molar-refractivity contribution in [3.63, 3.8) is 0 Å². The van der Waals surface area contributed by atoms with Gasteiger partial charge in [0, 0.05) is 15.3 Å². The summed E-state index contributed by atoms with van der Waals surface area (Å²) in [5.41, 5.74) is 6.82. The summed E-state index contributed by atoms with van der Waals surface area (Å²) in [6.45, 7) is 2.16. The van der Waals surface area contributed by atoms with Gasteiger partial charge in [-0.2, -0.15) is 0 Å². The molecule has 102 valence electrons. The summed E-state index contributed by atoms with van der Waals surface area (Å²) < 4.78 is 0. The van der Waals surface area contributed by atoms with Crippen LogP contribution in [-0.4, -0.2) is 24.5 Å². The third-order valence-corrected chi connectivity index (χ3v) is 5.59. The molecular formula is C15H26N2S. The van der Waals surface area contributed by atoms with Crippen LogP contribution in [0.3, 0.4) is 0 Å². The van der Waals surface area contributed by atoms with Crippen LogP contribution in [0.2, 0.25) is 0 Å². The molecule has 0 radical (unpaired) electrons. The molecule has 1 aliphatic carbocycles. The highest BCUT2D eigenvalue weighted by Crippen LogP contribution is 2.41. The van der Waals surface area contributed by atoms with Crippen molar-refractivity contribution in [1.82, 2.24) is 4.90 Å². The average Bonchev–Trinajstić information content (AvgIpc) is 2.63. The van der Waals surface area contributed by atoms with Gasteiger partial charge < -0.3 is 10.6 Å². The lowest BCUT2D eigenvalue weighted by Crippen LogP contribution is -2.51. The first kappa shape index (κ1) is 14.0. The van der Waals surface area contributed by atoms with Gasteiger partial charge in [0.2, 0.25) is 0 Å². The molecule has 1 heterocycles. The summed E-state index contributed by atoms with van der Waals surface area (Å²) in [6.07, 6.45) is 7.83. The Hall–Kier alpha value is -0.380. The fraction of sp³-hybridized carbons (Fsp3) is 0.733. The quantitative estimate of drug-likeness (QED) is 0.845. The Morgan fingerprint density at radius 2 is 1.78 bits per heavy atom. The van der Waals surface area contributed by atoms with E-state index >= 15 is 0 Å². The van der Waals surface area contributed by atoms with Crippen LogP contribution in [0.4, 0.5) is 0 Å². The zero-order chi connectivity index (χ0) is 13.2. The topological polar surface area (TPSA) is 29.3 Å². The summed E-state index contributed by atoms with van der Waals surface area (Å²) >= 11 is 1.86. The lowest BCUT2D eigenvalue weighted by atomic mass is 9.81. The summed E-state index contributed by atoms with van der Waals surface area (Å²) in [5.74, 6) is 0. The molecule has 1 fully saturated rings. The molecule has 1 aromatic heterocycles. The standard InChI is InChI=1S/C15H26N2S/c1-12-8-9-13(18-12)14(16)15(17(2)3)10-6-4-5-7-11-15/h8-9,14H,4-7,10-11,16H2,1-3H3. The van der Waals surface area contributed by atoms with Gasteiger partial charge in [-0.05, 0) is 46.0 Å². The zero-order valence-corrected chi connectivity index (χ0v) is 12.7. The van der Waals surface area contributed by atoms with Gasteiger partial charge in [0.15, 0.2) is 0 Å². The minimum atomic E-state index is 0.157. The molecule has 1 aliphatic rings. The molecule has 1 atom stereocenters. The Bertz CT molecular complexity index is 376. The van der Waals surface area contributed by atoms with Crippen molar-refractivity contribution in [2.75, 3.05) is 14.1 Å². The number of nitrogens with two attached hydrogens (primary N) is 1. The number of nitrogens with zero attached hydrogens (tertiary/aromatic N) is 1. The van der Waals surface area contributed by atoms with Crippen LogP contribution in [0.5, 0.6) is 0 Å². The van der Waals surface area contributed by atoms with Gasteiger partial charge in [0.25, 0.3) is 0 Å². The normalized spacial score (nSPS) is 21.8. The highest BCUT2D eigenvalue weighted by molar-refractivity contribution is 7.12. The van der Waals surface area contributed by atoms with E-state index in [1.165, 1.54) is 48.3 Å². The molecular weight excluding hydrogens is 240 g/mol. The number of likely N-dealkylation sites (N-methyl/N-ethyl adjacent to an activating group) is 1. The first-order valence-corrected chi connectivity index (χ1v) is 7.87. The maximum absolute atomic E-state index is 6.66. The van der Waals surface area contributed by atoms with Crippen LogP contribution in [0, 0.1) is 6.92 Å². The van der Waals surface area contributed by atoms with Gasteiger partial charge in [-0.1, -0.05) is 25.7 Å². The van der Waals surface area contributed by atoms with Crippen molar-refractivity contribution in [3.05, 3.63) is 21.9 Å². The molecule has 2 rings (SSSR count). The third kappa shape index (κ3) is 2.63. The van der Waals surface area contributed by atoms with Crippen LogP contribution in [-0.2, 0) is 0 Å². The second kappa shape index (κ2) is 5.72. The van der Waals surface area contributed by atoms with Gasteiger partial charge in [0.05, 0.1) is 6.04 Å². The van der Waals surface area contributed by atoms with Gasteiger partial charge in [-0.3, -0.25) is 0 Å². The highest BCUT2D eigenvalue weighted by atomic mass is 32.1. The van der Waals surface area contributed by atoms with E-state index in [9.17, 15) is 0 Å². The molecule has 0 bridgehead atoms. The van der Waals surface area contributed by atoms with E-state index in [1.807, 2.05) is 11.3 Å². The van der Waals surface area contributed by atoms with Crippen LogP contribution < -0.4 is 5.73 Å². The highest BCUT2D eigenvalue weighted by Gasteiger charge is 2.40. The first-order chi connectivity index (χ1) is 8.56. The monoisotopic (exact) mass is 266 g/mol. The molecule has 0 aromatic carbocycles. The molecule has 0 aliphatic heterocycles. The van der Waals surface area contributed by atoms with Gasteiger partial charge >= 0.3 is 0 Å². The van der Waals surface area contributed by atoms with Crippen molar-refractivity contribution in [1.29, 1.82) is 0 Å². The van der Waals surface area contributed by atoms with Crippen LogP contribution in [0.1, 0.15) is 54.3 Å². The SMILES string of the molecule is Cc1ccc(C(N)C2(N(C)C)CCCCCC2)s1. The molecule has 1 unspecified atom stereocenters. The van der Waals surface area contributed by atoms with E-state index in [-0.39, 0.29) is 11.6 Å². The Labute approximate surface area is 115 Å². The molecule has 2 nitrogen and oxygen atoms in total. The first-order valence-electron chi connectivity index (χ1n) is 7.05. The number of rotatable bonds is 3. The lowest BCUT2D eigenvalue weighted by molar-refractivity contribution is 0.0982. The summed E-state index contributed by atoms with van der Waals surface area (Å²) in [4.78, 5) is 5.10. The summed E-state index contributed by atoms with van der Waals surface area (Å²) in [7, 11) is 4.40. The summed E-state index contributed by atoms with van der Waals surface area (Å²) in [5, 5.41) is 0. The van der Waals surface area contributed by atoms with Gasteiger partial charge in [-0.15, -0.1) is 11.3 Å². The molecule has 0 amide bonds. The molecule has 1 saturated carbocycles. The van der Waals surface area contributed by atoms with Crippen LogP contribution in [0.25, 0.3) is 0 Å². The Morgan fingerprint density at radius 3 is 2.22 bits per heavy atom. The maximum Gasteiger partial charge on any atom is 0.0576 e. The predicted molar refractivity (Wildman–Crippen MR) is 80.1 cm³/mol. The Balaban J connectivity index is 2.28. The lowest BCUT2D eigenvalue weighted by Gasteiger charge is -2.44. The second-order valence-corrected chi connectivity index (χ2v) is 7.16. The third-order valence-electron chi connectivity index (χ3n) is 4.51. The Kier molecular flexibility index (Phi) is 4.46. The molecule has 18 heavy (non-hydrogen) atoms.